The van der Waals surface area contributed by atoms with Gasteiger partial charge in [-0.3, -0.25) is 9.80 Å². The topological polar surface area (TPSA) is 34.2 Å². The van der Waals surface area contributed by atoms with Gasteiger partial charge < -0.3 is 13.3 Å². The van der Waals surface area contributed by atoms with Crippen LogP contribution in [0.25, 0.3) is 0 Å². The number of hydrogen-bond donors (Lipinski definition) is 0. The number of benzene rings is 1. The lowest BCUT2D eigenvalue weighted by Crippen LogP contribution is -2.53. The van der Waals surface area contributed by atoms with Gasteiger partial charge in [0, 0.05) is 25.0 Å². The molecule has 33 heavy (non-hydrogen) atoms. The van der Waals surface area contributed by atoms with Crippen molar-refractivity contribution in [1.82, 2.24) is 9.80 Å². The van der Waals surface area contributed by atoms with Gasteiger partial charge in [0.2, 0.25) is 0 Å². The molecule has 0 saturated heterocycles. The standard InChI is InChI=1S/C26H50N2O3Si2/c1-8-27(9-2)25(28(10-3)11-4)22-18-19-23-26(32-24-20-16-15-17-21-24)33(29-12-5,30-13-6)31-14-7/h15-17,20-21,25-26H,8-14,18-19,22-23H2,1-7H3. The van der Waals surface area contributed by atoms with Crippen LogP contribution in [-0.2, 0) is 13.3 Å². The molecule has 2 radical (unpaired) electrons. The van der Waals surface area contributed by atoms with E-state index in [1.54, 1.807) is 0 Å². The smallest absolute Gasteiger partial charge is 0.374 e. The first-order chi connectivity index (χ1) is 16.0. The first-order valence-corrected chi connectivity index (χ1v) is 16.1. The summed E-state index contributed by atoms with van der Waals surface area (Å²) in [6, 6.07) is 10.8. The van der Waals surface area contributed by atoms with E-state index < -0.39 is 8.80 Å². The van der Waals surface area contributed by atoms with Crippen molar-refractivity contribution in [3.05, 3.63) is 30.3 Å². The Morgan fingerprint density at radius 1 is 0.697 bits per heavy atom. The van der Waals surface area contributed by atoms with Crippen molar-refractivity contribution in [2.75, 3.05) is 46.0 Å². The minimum Gasteiger partial charge on any atom is -0.374 e. The third-order valence-electron chi connectivity index (χ3n) is 6.25. The molecule has 0 amide bonds. The summed E-state index contributed by atoms with van der Waals surface area (Å²) in [4.78, 5) is 5.21. The molecule has 0 heterocycles. The van der Waals surface area contributed by atoms with Crippen LogP contribution in [0.5, 0.6) is 0 Å². The number of nitrogens with zero attached hydrogens (tertiary/aromatic N) is 2. The Balaban J connectivity index is 2.97. The Labute approximate surface area is 208 Å². The third kappa shape index (κ3) is 9.92. The molecule has 0 aliphatic heterocycles. The molecule has 7 heteroatoms. The second-order valence-electron chi connectivity index (χ2n) is 8.17. The molecule has 0 N–H and O–H groups in total. The quantitative estimate of drug-likeness (QED) is 0.145. The summed E-state index contributed by atoms with van der Waals surface area (Å²) in [5.41, 5.74) is 0. The fourth-order valence-electron chi connectivity index (χ4n) is 4.66. The van der Waals surface area contributed by atoms with Gasteiger partial charge >= 0.3 is 8.80 Å². The molecule has 0 spiro atoms. The van der Waals surface area contributed by atoms with E-state index in [0.29, 0.717) is 40.7 Å². The molecule has 0 aromatic heterocycles. The average molecular weight is 495 g/mol. The van der Waals surface area contributed by atoms with Gasteiger partial charge in [-0.05, 0) is 59.8 Å². The van der Waals surface area contributed by atoms with Crippen LogP contribution in [0.4, 0.5) is 0 Å². The average Bonchev–Trinajstić information content (AvgIpc) is 2.83. The molecule has 1 unspecified atom stereocenters. The zero-order valence-electron chi connectivity index (χ0n) is 22.4. The van der Waals surface area contributed by atoms with Gasteiger partial charge in [-0.25, -0.2) is 0 Å². The highest BCUT2D eigenvalue weighted by molar-refractivity contribution is 6.78. The fourth-order valence-corrected chi connectivity index (χ4v) is 10.4. The Bertz CT molecular complexity index is 557. The first-order valence-electron chi connectivity index (χ1n) is 13.3. The van der Waals surface area contributed by atoms with Crippen LogP contribution in [0.1, 0.15) is 74.1 Å². The van der Waals surface area contributed by atoms with Gasteiger partial charge in [0.05, 0.1) is 15.7 Å². The molecular weight excluding hydrogens is 444 g/mol. The first kappa shape index (κ1) is 30.5. The van der Waals surface area contributed by atoms with Crippen LogP contribution in [0.15, 0.2) is 30.3 Å². The Morgan fingerprint density at radius 3 is 1.58 bits per heavy atom. The summed E-state index contributed by atoms with van der Waals surface area (Å²) < 4.78 is 19.1. The minimum absolute atomic E-state index is 0.306. The van der Waals surface area contributed by atoms with Crippen LogP contribution in [0.3, 0.4) is 0 Å². The molecule has 0 aliphatic carbocycles. The maximum absolute atomic E-state index is 6.35. The van der Waals surface area contributed by atoms with Crippen molar-refractivity contribution >= 4 is 23.5 Å². The molecule has 0 saturated carbocycles. The minimum atomic E-state index is -2.76. The van der Waals surface area contributed by atoms with E-state index >= 15 is 0 Å². The molecule has 0 bridgehead atoms. The lowest BCUT2D eigenvalue weighted by Gasteiger charge is -2.38. The largest absolute Gasteiger partial charge is 0.501 e. The molecule has 5 nitrogen and oxygen atoms in total. The van der Waals surface area contributed by atoms with Gasteiger partial charge in [-0.2, -0.15) is 0 Å². The van der Waals surface area contributed by atoms with E-state index in [-0.39, 0.29) is 0 Å². The molecule has 1 aromatic carbocycles. The lowest BCUT2D eigenvalue weighted by atomic mass is 10.1. The normalized spacial score (nSPS) is 13.4. The highest BCUT2D eigenvalue weighted by Gasteiger charge is 2.48. The van der Waals surface area contributed by atoms with Crippen LogP contribution >= 0.6 is 0 Å². The van der Waals surface area contributed by atoms with E-state index in [9.17, 15) is 0 Å². The van der Waals surface area contributed by atoms with E-state index in [1.807, 2.05) is 0 Å². The van der Waals surface area contributed by atoms with Crippen molar-refractivity contribution < 1.29 is 13.3 Å². The maximum atomic E-state index is 6.35. The Morgan fingerprint density at radius 2 is 1.15 bits per heavy atom. The number of unbranched alkanes of at least 4 members (excludes halogenated alkanes) is 1. The summed E-state index contributed by atoms with van der Waals surface area (Å²) in [5.74, 6) is 0. The predicted octanol–water partition coefficient (Wildman–Crippen LogP) is 4.96. The summed E-state index contributed by atoms with van der Waals surface area (Å²) in [6.45, 7) is 21.6. The monoisotopic (exact) mass is 494 g/mol. The highest BCUT2D eigenvalue weighted by Crippen LogP contribution is 2.31. The summed E-state index contributed by atoms with van der Waals surface area (Å²) in [7, 11) is -2.13. The van der Waals surface area contributed by atoms with Crippen molar-refractivity contribution in [3.63, 3.8) is 0 Å². The molecule has 190 valence electrons. The Hall–Kier alpha value is -0.546. The third-order valence-corrected chi connectivity index (χ3v) is 12.3. The van der Waals surface area contributed by atoms with Crippen LogP contribution in [-0.4, -0.2) is 80.3 Å². The molecule has 1 aromatic rings. The van der Waals surface area contributed by atoms with Gasteiger partial charge in [-0.1, -0.05) is 76.1 Å². The highest BCUT2D eigenvalue weighted by atomic mass is 28.4. The number of hydrogen-bond acceptors (Lipinski definition) is 5. The second kappa shape index (κ2) is 17.8. The molecule has 1 rings (SSSR count). The molecule has 1 atom stereocenters. The van der Waals surface area contributed by atoms with Crippen molar-refractivity contribution in [3.8, 4) is 0 Å². The van der Waals surface area contributed by atoms with Crippen LogP contribution < -0.4 is 5.19 Å². The SMILES string of the molecule is CCO[Si](OCC)(OCC)C(CCCCC(N(CC)CC)N(CC)CC)[Si]c1ccccc1. The summed E-state index contributed by atoms with van der Waals surface area (Å²) >= 11 is 0. The molecular formula is C26H50N2O3Si2. The van der Waals surface area contributed by atoms with Gasteiger partial charge in [0.15, 0.2) is 0 Å². The van der Waals surface area contributed by atoms with Gasteiger partial charge in [0.1, 0.15) is 0 Å². The van der Waals surface area contributed by atoms with E-state index in [0.717, 1.165) is 32.6 Å². The van der Waals surface area contributed by atoms with Crippen molar-refractivity contribution in [2.45, 2.75) is 85.5 Å². The lowest BCUT2D eigenvalue weighted by molar-refractivity contribution is 0.0477. The second-order valence-corrected chi connectivity index (χ2v) is 13.1. The number of rotatable bonds is 20. The van der Waals surface area contributed by atoms with E-state index in [4.69, 9.17) is 13.3 Å². The Kier molecular flexibility index (Phi) is 16.5. The van der Waals surface area contributed by atoms with Gasteiger partial charge in [0.25, 0.3) is 0 Å². The fraction of sp³-hybridized carbons (Fsp3) is 0.769. The van der Waals surface area contributed by atoms with E-state index in [2.05, 4.69) is 88.6 Å². The van der Waals surface area contributed by atoms with E-state index in [1.165, 1.54) is 24.4 Å². The van der Waals surface area contributed by atoms with Gasteiger partial charge in [-0.15, -0.1) is 0 Å². The van der Waals surface area contributed by atoms with Crippen LogP contribution in [0, 0.1) is 0 Å². The molecule has 0 aliphatic rings. The van der Waals surface area contributed by atoms with Crippen LogP contribution in [0.2, 0.25) is 5.16 Å². The zero-order valence-corrected chi connectivity index (χ0v) is 24.4. The van der Waals surface area contributed by atoms with Crippen molar-refractivity contribution in [1.29, 1.82) is 0 Å². The van der Waals surface area contributed by atoms with Crippen molar-refractivity contribution in [2.24, 2.45) is 0 Å². The maximum Gasteiger partial charge on any atom is 0.501 e. The molecule has 0 fully saturated rings. The predicted molar refractivity (Wildman–Crippen MR) is 144 cm³/mol. The zero-order chi connectivity index (χ0) is 24.5. The summed E-state index contributed by atoms with van der Waals surface area (Å²) in [6.07, 6.45) is 5.20. The summed E-state index contributed by atoms with van der Waals surface area (Å²) in [5, 5.41) is 1.67.